The van der Waals surface area contributed by atoms with Gasteiger partial charge in [0, 0.05) is 5.02 Å². The first-order chi connectivity index (χ1) is 14.8. The standard InChI is InChI=1S/C23H23ClN2O4S/c1-3-21(26(31(2,28)29)18-15-13-17(24)14-16-18)23(27)25-20-11-7-8-12-22(20)30-19-9-5-4-6-10-19/h4-16,21H,3H2,1-2H3,(H,25,27). The van der Waals surface area contributed by atoms with E-state index >= 15 is 0 Å². The third-order valence-corrected chi connectivity index (χ3v) is 5.96. The van der Waals surface area contributed by atoms with Gasteiger partial charge in [0.1, 0.15) is 11.8 Å². The summed E-state index contributed by atoms with van der Waals surface area (Å²) in [4.78, 5) is 13.2. The number of rotatable bonds is 8. The number of carbonyl (C=O) groups excluding carboxylic acids is 1. The van der Waals surface area contributed by atoms with Crippen LogP contribution in [-0.2, 0) is 14.8 Å². The van der Waals surface area contributed by atoms with Crippen LogP contribution in [0.3, 0.4) is 0 Å². The van der Waals surface area contributed by atoms with Gasteiger partial charge in [0.05, 0.1) is 17.6 Å². The van der Waals surface area contributed by atoms with Gasteiger partial charge in [-0.1, -0.05) is 48.9 Å². The van der Waals surface area contributed by atoms with E-state index in [-0.39, 0.29) is 6.42 Å². The Kier molecular flexibility index (Phi) is 7.20. The summed E-state index contributed by atoms with van der Waals surface area (Å²) in [5, 5.41) is 3.29. The van der Waals surface area contributed by atoms with Crippen LogP contribution in [0.25, 0.3) is 0 Å². The summed E-state index contributed by atoms with van der Waals surface area (Å²) in [6.45, 7) is 1.75. The lowest BCUT2D eigenvalue weighted by Crippen LogP contribution is -2.47. The van der Waals surface area contributed by atoms with E-state index in [9.17, 15) is 13.2 Å². The number of carbonyl (C=O) groups is 1. The molecule has 3 rings (SSSR count). The first-order valence-electron chi connectivity index (χ1n) is 9.67. The van der Waals surface area contributed by atoms with Crippen molar-refractivity contribution in [1.29, 1.82) is 0 Å². The number of sulfonamides is 1. The minimum Gasteiger partial charge on any atom is -0.455 e. The topological polar surface area (TPSA) is 75.7 Å². The number of anilines is 2. The Morgan fingerprint density at radius 3 is 2.23 bits per heavy atom. The van der Waals surface area contributed by atoms with Crippen molar-refractivity contribution >= 4 is 38.9 Å². The molecule has 0 aliphatic rings. The van der Waals surface area contributed by atoms with Crippen LogP contribution in [-0.4, -0.2) is 26.6 Å². The number of para-hydroxylation sites is 3. The molecule has 3 aromatic rings. The maximum absolute atomic E-state index is 13.2. The summed E-state index contributed by atoms with van der Waals surface area (Å²) in [7, 11) is -3.74. The number of halogens is 1. The number of nitrogens with zero attached hydrogens (tertiary/aromatic N) is 1. The van der Waals surface area contributed by atoms with Crippen LogP contribution in [0.5, 0.6) is 11.5 Å². The average molecular weight is 459 g/mol. The van der Waals surface area contributed by atoms with Crippen molar-refractivity contribution in [2.45, 2.75) is 19.4 Å². The molecule has 0 aromatic heterocycles. The van der Waals surface area contributed by atoms with Crippen LogP contribution < -0.4 is 14.4 Å². The monoisotopic (exact) mass is 458 g/mol. The molecule has 6 nitrogen and oxygen atoms in total. The Morgan fingerprint density at radius 1 is 1.00 bits per heavy atom. The molecule has 0 saturated heterocycles. The summed E-state index contributed by atoms with van der Waals surface area (Å²) < 4.78 is 32.1. The van der Waals surface area contributed by atoms with Crippen molar-refractivity contribution in [3.8, 4) is 11.5 Å². The molecule has 0 spiro atoms. The lowest BCUT2D eigenvalue weighted by molar-refractivity contribution is -0.117. The van der Waals surface area contributed by atoms with Gasteiger partial charge in [-0.25, -0.2) is 8.42 Å². The quantitative estimate of drug-likeness (QED) is 0.496. The van der Waals surface area contributed by atoms with Crippen LogP contribution in [0.2, 0.25) is 5.02 Å². The highest BCUT2D eigenvalue weighted by Gasteiger charge is 2.32. The maximum atomic E-state index is 13.2. The minimum atomic E-state index is -3.74. The Labute approximate surface area is 187 Å². The van der Waals surface area contributed by atoms with Crippen molar-refractivity contribution in [3.63, 3.8) is 0 Å². The van der Waals surface area contributed by atoms with Gasteiger partial charge >= 0.3 is 0 Å². The molecule has 0 aliphatic heterocycles. The van der Waals surface area contributed by atoms with Gasteiger partial charge in [-0.2, -0.15) is 0 Å². The highest BCUT2D eigenvalue weighted by molar-refractivity contribution is 7.92. The SMILES string of the molecule is CCC(C(=O)Nc1ccccc1Oc1ccccc1)N(c1ccc(Cl)cc1)S(C)(=O)=O. The Morgan fingerprint density at radius 2 is 1.61 bits per heavy atom. The second-order valence-corrected chi connectivity index (χ2v) is 9.16. The van der Waals surface area contributed by atoms with Crippen LogP contribution >= 0.6 is 11.6 Å². The maximum Gasteiger partial charge on any atom is 0.248 e. The molecule has 0 fully saturated rings. The molecule has 0 heterocycles. The van der Waals surface area contributed by atoms with Gasteiger partial charge in [0.25, 0.3) is 0 Å². The number of amides is 1. The molecule has 31 heavy (non-hydrogen) atoms. The highest BCUT2D eigenvalue weighted by Crippen LogP contribution is 2.30. The van der Waals surface area contributed by atoms with E-state index in [2.05, 4.69) is 5.32 Å². The van der Waals surface area contributed by atoms with Crippen molar-refractivity contribution in [3.05, 3.63) is 83.9 Å². The summed E-state index contributed by atoms with van der Waals surface area (Å²) in [5.74, 6) is 0.608. The molecule has 3 aromatic carbocycles. The lowest BCUT2D eigenvalue weighted by Gasteiger charge is -2.30. The summed E-state index contributed by atoms with van der Waals surface area (Å²) in [5.41, 5.74) is 0.807. The van der Waals surface area contributed by atoms with Crippen LogP contribution in [0, 0.1) is 0 Å². The molecule has 0 radical (unpaired) electrons. The molecule has 0 saturated carbocycles. The van der Waals surface area contributed by atoms with Crippen LogP contribution in [0.1, 0.15) is 13.3 Å². The number of hydrogen-bond acceptors (Lipinski definition) is 4. The molecule has 1 N–H and O–H groups in total. The molecule has 1 amide bonds. The van der Waals surface area contributed by atoms with Gasteiger partial charge < -0.3 is 10.1 Å². The molecule has 1 atom stereocenters. The van der Waals surface area contributed by atoms with Gasteiger partial charge in [-0.3, -0.25) is 9.10 Å². The van der Waals surface area contributed by atoms with E-state index in [0.717, 1.165) is 10.6 Å². The van der Waals surface area contributed by atoms with Crippen LogP contribution in [0.15, 0.2) is 78.9 Å². The van der Waals surface area contributed by atoms with E-state index in [1.807, 2.05) is 18.2 Å². The van der Waals surface area contributed by atoms with E-state index in [1.165, 1.54) is 0 Å². The van der Waals surface area contributed by atoms with E-state index < -0.39 is 22.0 Å². The summed E-state index contributed by atoms with van der Waals surface area (Å²) in [6, 6.07) is 21.5. The van der Waals surface area contributed by atoms with Crippen molar-refractivity contribution in [1.82, 2.24) is 0 Å². The Hall–Kier alpha value is -3.03. The Bertz CT molecular complexity index is 1140. The molecule has 1 unspecified atom stereocenters. The third-order valence-electron chi connectivity index (χ3n) is 4.53. The fraction of sp³-hybridized carbons (Fsp3) is 0.174. The first kappa shape index (κ1) is 22.7. The fourth-order valence-electron chi connectivity index (χ4n) is 3.14. The zero-order valence-electron chi connectivity index (χ0n) is 17.2. The van der Waals surface area contributed by atoms with Crippen molar-refractivity contribution in [2.75, 3.05) is 15.9 Å². The highest BCUT2D eigenvalue weighted by atomic mass is 35.5. The van der Waals surface area contributed by atoms with E-state index in [4.69, 9.17) is 16.3 Å². The predicted octanol–water partition coefficient (Wildman–Crippen LogP) is 5.32. The zero-order valence-corrected chi connectivity index (χ0v) is 18.7. The van der Waals surface area contributed by atoms with Gasteiger partial charge in [0.15, 0.2) is 5.75 Å². The third kappa shape index (κ3) is 5.77. The van der Waals surface area contributed by atoms with Gasteiger partial charge in [-0.15, -0.1) is 0 Å². The number of nitrogens with one attached hydrogen (secondary N) is 1. The predicted molar refractivity (Wildman–Crippen MR) is 124 cm³/mol. The molecule has 162 valence electrons. The second-order valence-electron chi connectivity index (χ2n) is 6.86. The largest absolute Gasteiger partial charge is 0.455 e. The average Bonchev–Trinajstić information content (AvgIpc) is 2.74. The lowest BCUT2D eigenvalue weighted by atomic mass is 10.1. The van der Waals surface area contributed by atoms with E-state index in [1.54, 1.807) is 67.6 Å². The number of ether oxygens (including phenoxy) is 1. The molecular formula is C23H23ClN2O4S. The molecule has 0 aliphatic carbocycles. The smallest absolute Gasteiger partial charge is 0.248 e. The van der Waals surface area contributed by atoms with Crippen LogP contribution in [0.4, 0.5) is 11.4 Å². The molecule has 0 bridgehead atoms. The number of hydrogen-bond donors (Lipinski definition) is 1. The number of benzene rings is 3. The summed E-state index contributed by atoms with van der Waals surface area (Å²) >= 11 is 5.94. The Balaban J connectivity index is 1.89. The molecule has 8 heteroatoms. The zero-order chi connectivity index (χ0) is 22.4. The van der Waals surface area contributed by atoms with E-state index in [0.29, 0.717) is 27.9 Å². The summed E-state index contributed by atoms with van der Waals surface area (Å²) in [6.07, 6.45) is 1.34. The molecular weight excluding hydrogens is 436 g/mol. The first-order valence-corrected chi connectivity index (χ1v) is 11.9. The van der Waals surface area contributed by atoms with Crippen molar-refractivity contribution in [2.24, 2.45) is 0 Å². The minimum absolute atomic E-state index is 0.267. The van der Waals surface area contributed by atoms with Gasteiger partial charge in [-0.05, 0) is 55.0 Å². The van der Waals surface area contributed by atoms with Gasteiger partial charge in [0.2, 0.25) is 15.9 Å². The van der Waals surface area contributed by atoms with Crippen molar-refractivity contribution < 1.29 is 17.9 Å². The fourth-order valence-corrected chi connectivity index (χ4v) is 4.48. The second kappa shape index (κ2) is 9.85. The normalized spacial score (nSPS) is 12.1.